The lowest BCUT2D eigenvalue weighted by Gasteiger charge is -2.16. The first-order valence-electron chi connectivity index (χ1n) is 18.2. The van der Waals surface area contributed by atoms with E-state index in [4.69, 9.17) is 36.0 Å². The predicted octanol–water partition coefficient (Wildman–Crippen LogP) is 7.91. The zero-order chi connectivity index (χ0) is 37.2. The van der Waals surface area contributed by atoms with E-state index < -0.39 is 5.97 Å². The fraction of sp³-hybridized carbons (Fsp3) is 0.390. The van der Waals surface area contributed by atoms with Crippen LogP contribution in [0.5, 0.6) is 5.75 Å². The van der Waals surface area contributed by atoms with Crippen molar-refractivity contribution in [1.29, 1.82) is 0 Å². The molecule has 0 aliphatic carbocycles. The van der Waals surface area contributed by atoms with Crippen molar-refractivity contribution in [2.75, 3.05) is 33.5 Å². The molecule has 0 radical (unpaired) electrons. The van der Waals surface area contributed by atoms with Crippen LogP contribution in [0.2, 0.25) is 5.02 Å². The van der Waals surface area contributed by atoms with Crippen LogP contribution in [0.1, 0.15) is 57.1 Å². The normalized spacial score (nSPS) is 14.0. The van der Waals surface area contributed by atoms with Gasteiger partial charge in [0.1, 0.15) is 17.3 Å². The van der Waals surface area contributed by atoms with Crippen LogP contribution in [-0.4, -0.2) is 68.7 Å². The van der Waals surface area contributed by atoms with Crippen LogP contribution in [-0.2, 0) is 55.3 Å². The first-order valence-corrected chi connectivity index (χ1v) is 18.6. The molecule has 6 aromatic rings. The maximum absolute atomic E-state index is 14.4. The fourth-order valence-electron chi connectivity index (χ4n) is 7.66. The first-order chi connectivity index (χ1) is 25.6. The maximum Gasteiger partial charge on any atom is 0.352 e. The minimum absolute atomic E-state index is 0.204. The summed E-state index contributed by atoms with van der Waals surface area (Å²) in [4.78, 5) is 13.2. The van der Waals surface area contributed by atoms with Gasteiger partial charge in [-0.15, -0.1) is 0 Å². The number of rotatable bonds is 7. The number of carbonyl (C=O) groups is 1. The van der Waals surface area contributed by atoms with Gasteiger partial charge in [-0.05, 0) is 111 Å². The third kappa shape index (κ3) is 7.43. The molecule has 12 heteroatoms. The van der Waals surface area contributed by atoms with E-state index in [1.165, 1.54) is 6.07 Å². The lowest BCUT2D eigenvalue weighted by atomic mass is 10.00. The van der Waals surface area contributed by atoms with E-state index in [-0.39, 0.29) is 18.1 Å². The summed E-state index contributed by atoms with van der Waals surface area (Å²) in [5.41, 5.74) is 8.32. The van der Waals surface area contributed by atoms with Gasteiger partial charge in [0.15, 0.2) is 0 Å². The Bertz CT molecular complexity index is 2310. The Labute approximate surface area is 313 Å². The Morgan fingerprint density at radius 2 is 1.81 bits per heavy atom. The zero-order valence-corrected chi connectivity index (χ0v) is 31.4. The Hall–Kier alpha value is -4.71. The Morgan fingerprint density at radius 3 is 2.62 bits per heavy atom. The van der Waals surface area contributed by atoms with Gasteiger partial charge in [0.2, 0.25) is 0 Å². The van der Waals surface area contributed by atoms with Gasteiger partial charge in [0.05, 0.1) is 54.0 Å². The van der Waals surface area contributed by atoms with Crippen LogP contribution >= 0.6 is 11.6 Å². The highest BCUT2D eigenvalue weighted by molar-refractivity contribution is 6.35. The van der Waals surface area contributed by atoms with Crippen molar-refractivity contribution in [3.05, 3.63) is 98.8 Å². The Morgan fingerprint density at radius 1 is 0.981 bits per heavy atom. The van der Waals surface area contributed by atoms with Crippen molar-refractivity contribution in [2.45, 2.75) is 65.5 Å². The first kappa shape index (κ1) is 36.6. The number of methoxy groups -OCH3 is 1. The number of halogens is 2. The highest BCUT2D eigenvalue weighted by Crippen LogP contribution is 2.42. The van der Waals surface area contributed by atoms with E-state index in [0.29, 0.717) is 62.1 Å². The average Bonchev–Trinajstić information content (AvgIpc) is 3.74. The molecule has 0 atom stereocenters. The molecule has 1 aliphatic rings. The molecule has 0 amide bonds. The molecule has 3 aromatic carbocycles. The molecule has 0 saturated heterocycles. The van der Waals surface area contributed by atoms with E-state index in [1.54, 1.807) is 19.2 Å². The minimum atomic E-state index is -1.03. The van der Waals surface area contributed by atoms with E-state index in [2.05, 4.69) is 6.07 Å². The summed E-state index contributed by atoms with van der Waals surface area (Å²) in [6.45, 7) is 6.40. The quantitative estimate of drug-likeness (QED) is 0.166. The van der Waals surface area contributed by atoms with Gasteiger partial charge in [0.25, 0.3) is 0 Å². The van der Waals surface area contributed by atoms with Gasteiger partial charge in [0, 0.05) is 49.3 Å². The molecule has 8 bridgehead atoms. The number of fused-ring (bicyclic) bond motifs is 8. The highest BCUT2D eigenvalue weighted by Gasteiger charge is 2.28. The van der Waals surface area contributed by atoms with Crippen molar-refractivity contribution in [2.24, 2.45) is 7.05 Å². The predicted molar refractivity (Wildman–Crippen MR) is 204 cm³/mol. The highest BCUT2D eigenvalue weighted by atomic mass is 35.5. The van der Waals surface area contributed by atoms with Gasteiger partial charge in [-0.2, -0.15) is 10.2 Å². The van der Waals surface area contributed by atoms with Crippen LogP contribution < -0.4 is 4.74 Å². The number of aryl methyl sites for hydroxylation is 7. The molecule has 3 aromatic heterocycles. The molecule has 0 spiro atoms. The average molecular weight is 742 g/mol. The molecule has 7 rings (SSSR count). The smallest absolute Gasteiger partial charge is 0.352 e. The monoisotopic (exact) mass is 741 g/mol. The summed E-state index contributed by atoms with van der Waals surface area (Å²) in [7, 11) is 3.59. The largest absolute Gasteiger partial charge is 0.493 e. The van der Waals surface area contributed by atoms with Crippen LogP contribution in [0.25, 0.3) is 32.9 Å². The summed E-state index contributed by atoms with van der Waals surface area (Å²) in [5, 5.41) is 23.5. The van der Waals surface area contributed by atoms with Gasteiger partial charge in [-0.3, -0.25) is 9.36 Å². The summed E-state index contributed by atoms with van der Waals surface area (Å²) < 4.78 is 37.7. The second-order valence-electron chi connectivity index (χ2n) is 13.8. The van der Waals surface area contributed by atoms with Crippen molar-refractivity contribution in [1.82, 2.24) is 24.1 Å². The Balaban J connectivity index is 1.36. The van der Waals surface area contributed by atoms with E-state index in [9.17, 15) is 14.3 Å². The van der Waals surface area contributed by atoms with E-state index in [1.807, 2.05) is 59.1 Å². The fourth-order valence-corrected chi connectivity index (χ4v) is 7.90. The molecule has 278 valence electrons. The number of hydrogen-bond donors (Lipinski definition) is 1. The van der Waals surface area contributed by atoms with Crippen LogP contribution in [0.15, 0.2) is 48.5 Å². The topological polar surface area (TPSA) is 106 Å². The molecule has 10 nitrogen and oxygen atoms in total. The number of benzene rings is 3. The maximum atomic E-state index is 14.4. The number of carboxylic acid groups (broad SMARTS) is 1. The molecule has 1 aliphatic heterocycles. The molecule has 0 unspecified atom stereocenters. The van der Waals surface area contributed by atoms with Gasteiger partial charge in [-0.1, -0.05) is 23.7 Å². The van der Waals surface area contributed by atoms with Gasteiger partial charge < -0.3 is 23.9 Å². The second-order valence-corrected chi connectivity index (χ2v) is 14.2. The summed E-state index contributed by atoms with van der Waals surface area (Å²) in [6, 6.07) is 14.8. The number of ether oxygens (including phenoxy) is 3. The lowest BCUT2D eigenvalue weighted by Crippen LogP contribution is -2.16. The molecular weight excluding hydrogens is 697 g/mol. The van der Waals surface area contributed by atoms with Gasteiger partial charge >= 0.3 is 5.97 Å². The van der Waals surface area contributed by atoms with Crippen molar-refractivity contribution in [3.8, 4) is 17.0 Å². The number of aromatic carboxylic acids is 1. The number of hydrogen-bond acceptors (Lipinski definition) is 6. The molecule has 53 heavy (non-hydrogen) atoms. The molecule has 4 heterocycles. The van der Waals surface area contributed by atoms with Crippen molar-refractivity contribution < 1.29 is 28.5 Å². The molecule has 1 N–H and O–H groups in total. The number of nitrogens with zero attached hydrogens (tertiary/aromatic N) is 5. The summed E-state index contributed by atoms with van der Waals surface area (Å²) in [6.07, 6.45) is 4.02. The SMILES string of the molecule is COCCOCCn1c(C(=O)O)c2c3ccc(Cl)c(c31)-c1c(C)c(C)nn1CCCc1cc(n(C)n1)CCc1cc(c3ccc(F)cc3c1)OCCC2. The molecular formula is C41H45ClFN5O5. The summed E-state index contributed by atoms with van der Waals surface area (Å²) in [5.74, 6) is -0.651. The molecule has 0 saturated carbocycles. The Kier molecular flexibility index (Phi) is 10.9. The van der Waals surface area contributed by atoms with Crippen LogP contribution in [0.3, 0.4) is 0 Å². The van der Waals surface area contributed by atoms with Crippen LogP contribution in [0, 0.1) is 19.7 Å². The second kappa shape index (κ2) is 15.7. The standard InChI is InChI=1S/C41H45ClFN5O5/c1-25-26(2)44-48-15-5-7-30-24-31(46(3)45-30)11-9-27-21-28-23-29(43)10-12-32(28)36(22-27)53-17-6-8-33-34-13-14-35(42)37(38(25)48)39(34)47(40(33)41(49)50)16-18-52-20-19-51-4/h10,12-14,21-24H,5-9,11,15-20H2,1-4H3,(H,49,50). The minimum Gasteiger partial charge on any atom is -0.493 e. The van der Waals surface area contributed by atoms with Crippen LogP contribution in [0.4, 0.5) is 4.39 Å². The van der Waals surface area contributed by atoms with Gasteiger partial charge in [-0.25, -0.2) is 9.18 Å². The van der Waals surface area contributed by atoms with Crippen molar-refractivity contribution in [3.63, 3.8) is 0 Å². The van der Waals surface area contributed by atoms with Crippen molar-refractivity contribution >= 4 is 39.2 Å². The lowest BCUT2D eigenvalue weighted by molar-refractivity contribution is 0.0631. The third-order valence-corrected chi connectivity index (χ3v) is 10.6. The molecule has 0 fully saturated rings. The number of aromatic nitrogens is 5. The zero-order valence-electron chi connectivity index (χ0n) is 30.7. The summed E-state index contributed by atoms with van der Waals surface area (Å²) >= 11 is 7.12. The number of carboxylic acids is 1. The van der Waals surface area contributed by atoms with E-state index in [0.717, 1.165) is 86.8 Å². The third-order valence-electron chi connectivity index (χ3n) is 10.3. The van der Waals surface area contributed by atoms with E-state index >= 15 is 0 Å².